The molecule has 10 aliphatic carbocycles. The molecule has 0 aromatic rings. The van der Waals surface area contributed by atoms with Gasteiger partial charge < -0.3 is 10.2 Å². The molecule has 10 fully saturated rings. The van der Waals surface area contributed by atoms with Crippen molar-refractivity contribution in [2.24, 2.45) is 119 Å². The lowest BCUT2D eigenvalue weighted by Gasteiger charge is -2.72. The number of carboxylic acids is 2. The molecule has 0 saturated heterocycles. The minimum Gasteiger partial charge on any atom is -0.481 e. The summed E-state index contributed by atoms with van der Waals surface area (Å²) in [5, 5.41) is 21.0. The minimum absolute atomic E-state index is 0.164. The molecule has 0 aromatic carbocycles. The van der Waals surface area contributed by atoms with Gasteiger partial charge >= 0.3 is 11.9 Å². The number of hydrogen-bond donors (Lipinski definition) is 2. The third-order valence-corrected chi connectivity index (χ3v) is 26.8. The highest BCUT2D eigenvalue weighted by atomic mass is 16.4. The van der Waals surface area contributed by atoms with Gasteiger partial charge in [0.05, 0.1) is 10.8 Å². The quantitative estimate of drug-likeness (QED) is 0.272. The van der Waals surface area contributed by atoms with Crippen LogP contribution in [0.15, 0.2) is 12.2 Å². The molecular formula is C60H94O6. The zero-order valence-corrected chi connectivity index (χ0v) is 44.2. The molecule has 10 aliphatic rings. The first-order valence-electron chi connectivity index (χ1n) is 27.7. The summed E-state index contributed by atoms with van der Waals surface area (Å²) in [5.74, 6) is 5.13. The number of Topliss-reactive ketones (excluding diaryl/α,β-unsaturated/α-hetero) is 2. The van der Waals surface area contributed by atoms with Crippen molar-refractivity contribution in [2.75, 3.05) is 0 Å². The summed E-state index contributed by atoms with van der Waals surface area (Å²) in [7, 11) is 0. The Labute approximate surface area is 401 Å². The largest absolute Gasteiger partial charge is 0.481 e. The maximum absolute atomic E-state index is 12.9. The number of hydrogen-bond acceptors (Lipinski definition) is 4. The van der Waals surface area contributed by atoms with Crippen LogP contribution >= 0.6 is 0 Å². The van der Waals surface area contributed by atoms with E-state index in [1.807, 2.05) is 0 Å². The first-order valence-corrected chi connectivity index (χ1v) is 27.7. The Morgan fingerprint density at radius 2 is 0.909 bits per heavy atom. The van der Waals surface area contributed by atoms with Crippen molar-refractivity contribution in [3.05, 3.63) is 12.2 Å². The highest BCUT2D eigenvalue weighted by Crippen LogP contribution is 2.79. The van der Waals surface area contributed by atoms with Crippen molar-refractivity contribution >= 4 is 23.5 Å². The van der Waals surface area contributed by atoms with Gasteiger partial charge in [0.15, 0.2) is 0 Å². The van der Waals surface area contributed by atoms with Gasteiger partial charge in [-0.2, -0.15) is 0 Å². The summed E-state index contributed by atoms with van der Waals surface area (Å²) < 4.78 is 0. The molecule has 10 saturated carbocycles. The molecule has 6 heteroatoms. The third kappa shape index (κ3) is 6.01. The first kappa shape index (κ1) is 49.0. The van der Waals surface area contributed by atoms with Gasteiger partial charge in [-0.3, -0.25) is 19.2 Å². The Kier molecular flexibility index (Phi) is 11.3. The van der Waals surface area contributed by atoms with Crippen molar-refractivity contribution in [1.82, 2.24) is 0 Å². The van der Waals surface area contributed by atoms with Crippen LogP contribution in [0.5, 0.6) is 0 Å². The van der Waals surface area contributed by atoms with Crippen LogP contribution < -0.4 is 0 Å². The van der Waals surface area contributed by atoms with Crippen LogP contribution in [0, 0.1) is 119 Å². The molecule has 0 spiro atoms. The normalized spacial score (nSPS) is 52.9. The molecule has 2 N–H and O–H groups in total. The van der Waals surface area contributed by atoms with Crippen molar-refractivity contribution in [3.63, 3.8) is 0 Å². The number of allylic oxidation sites excluding steroid dienone is 1. The summed E-state index contributed by atoms with van der Waals surface area (Å²) in [6.45, 7) is 35.4. The zero-order chi connectivity index (χ0) is 48.4. The SMILES string of the molecule is C=C(C)[C@@H]1CC[C@]2(C(=O)O)CC[C@]3(C)[C@H](CC[C@@H]4[C@@]5(C)CCC(=O)C(C)(C)C5CC[C@]43C)C12.CC(C)[C@@H]1CC[C@]2(C(=O)O)CC[C@]3(C)[C@H](CC[C@@H]4[C@@]5(C)CCC(=O)C(C)(C)C5CC[C@]43C)C12. The molecule has 66 heavy (non-hydrogen) atoms. The van der Waals surface area contributed by atoms with Crippen molar-refractivity contribution < 1.29 is 29.4 Å². The van der Waals surface area contributed by atoms with Gasteiger partial charge in [-0.05, 0) is 220 Å². The number of fused-ring (bicyclic) bond motifs is 14. The van der Waals surface area contributed by atoms with Crippen LogP contribution in [0.1, 0.15) is 218 Å². The number of carbonyl (C=O) groups excluding carboxylic acids is 2. The molecule has 370 valence electrons. The average Bonchev–Trinajstić information content (AvgIpc) is 3.84. The van der Waals surface area contributed by atoms with Crippen LogP contribution in [0.3, 0.4) is 0 Å². The van der Waals surface area contributed by atoms with E-state index in [1.54, 1.807) is 0 Å². The van der Waals surface area contributed by atoms with Crippen LogP contribution in [-0.4, -0.2) is 33.7 Å². The van der Waals surface area contributed by atoms with E-state index in [9.17, 15) is 29.4 Å². The van der Waals surface area contributed by atoms with Gasteiger partial charge in [0.25, 0.3) is 0 Å². The van der Waals surface area contributed by atoms with Crippen LogP contribution in [-0.2, 0) is 19.2 Å². The first-order chi connectivity index (χ1) is 30.5. The number of ketones is 2. The molecule has 0 radical (unpaired) electrons. The van der Waals surface area contributed by atoms with Gasteiger partial charge in [-0.25, -0.2) is 0 Å². The van der Waals surface area contributed by atoms with Crippen molar-refractivity contribution in [2.45, 2.75) is 218 Å². The molecule has 18 atom stereocenters. The van der Waals surface area contributed by atoms with Gasteiger partial charge in [0.1, 0.15) is 11.6 Å². The maximum Gasteiger partial charge on any atom is 0.309 e. The fourth-order valence-electron chi connectivity index (χ4n) is 22.9. The van der Waals surface area contributed by atoms with Crippen LogP contribution in [0.2, 0.25) is 0 Å². The van der Waals surface area contributed by atoms with E-state index >= 15 is 0 Å². The molecular weight excluding hydrogens is 817 g/mol. The second-order valence-corrected chi connectivity index (χ2v) is 29.0. The van der Waals surface area contributed by atoms with Crippen LogP contribution in [0.25, 0.3) is 0 Å². The second kappa shape index (κ2) is 15.3. The summed E-state index contributed by atoms with van der Waals surface area (Å²) in [6, 6.07) is 0. The van der Waals surface area contributed by atoms with E-state index in [4.69, 9.17) is 0 Å². The Morgan fingerprint density at radius 1 is 0.500 bits per heavy atom. The van der Waals surface area contributed by atoms with Crippen molar-refractivity contribution in [3.8, 4) is 0 Å². The fourth-order valence-corrected chi connectivity index (χ4v) is 22.9. The summed E-state index contributed by atoms with van der Waals surface area (Å²) in [6.07, 6.45) is 20.6. The Hall–Kier alpha value is -1.98. The molecule has 0 bridgehead atoms. The number of rotatable bonds is 4. The molecule has 0 aliphatic heterocycles. The van der Waals surface area contributed by atoms with Crippen LogP contribution in [0.4, 0.5) is 0 Å². The van der Waals surface area contributed by atoms with Crippen molar-refractivity contribution in [1.29, 1.82) is 0 Å². The van der Waals surface area contributed by atoms with E-state index < -0.39 is 22.8 Å². The molecule has 4 unspecified atom stereocenters. The topological polar surface area (TPSA) is 109 Å². The zero-order valence-electron chi connectivity index (χ0n) is 44.2. The van der Waals surface area contributed by atoms with Gasteiger partial charge in [-0.15, -0.1) is 0 Å². The number of carboxylic acid groups (broad SMARTS) is 2. The molecule has 6 nitrogen and oxygen atoms in total. The summed E-state index contributed by atoms with van der Waals surface area (Å²) in [4.78, 5) is 51.3. The van der Waals surface area contributed by atoms with E-state index in [2.05, 4.69) is 96.6 Å². The number of aliphatic carboxylic acids is 2. The monoisotopic (exact) mass is 911 g/mol. The molecule has 0 heterocycles. The fraction of sp³-hybridized carbons (Fsp3) is 0.900. The minimum atomic E-state index is -0.547. The lowest BCUT2D eigenvalue weighted by atomic mass is 9.32. The third-order valence-electron chi connectivity index (χ3n) is 26.8. The van der Waals surface area contributed by atoms with Gasteiger partial charge in [0.2, 0.25) is 0 Å². The van der Waals surface area contributed by atoms with E-state index in [0.717, 1.165) is 96.3 Å². The Bertz CT molecular complexity index is 2050. The predicted octanol–water partition coefficient (Wildman–Crippen LogP) is 14.7. The van der Waals surface area contributed by atoms with E-state index in [0.29, 0.717) is 70.7 Å². The lowest BCUT2D eigenvalue weighted by Crippen LogP contribution is -2.66. The standard InChI is InChI=1S/C30H48O3.C30H46O3/c2*1-18(2)19-10-15-30(25(32)33)17-16-28(6)20(24(19)30)8-9-22-27(5)13-12-23(31)26(3,4)21(27)11-14-29(22,28)7/h18-22,24H,8-17H2,1-7H3,(H,32,33);19-22,24H,1,8-17H2,2-7H3,(H,32,33)/t2*19-,20+,21?,22+,24?,27-,28+,29+,30-/m00/s1. The lowest BCUT2D eigenvalue weighted by molar-refractivity contribution is -0.237. The average molecular weight is 911 g/mol. The second-order valence-electron chi connectivity index (χ2n) is 29.0. The predicted molar refractivity (Wildman–Crippen MR) is 263 cm³/mol. The molecule has 0 aromatic heterocycles. The van der Waals surface area contributed by atoms with Gasteiger partial charge in [-0.1, -0.05) is 95.2 Å². The van der Waals surface area contributed by atoms with E-state index in [1.165, 1.54) is 37.7 Å². The highest BCUT2D eigenvalue weighted by Gasteiger charge is 2.74. The Morgan fingerprint density at radius 3 is 1.32 bits per heavy atom. The highest BCUT2D eigenvalue weighted by molar-refractivity contribution is 5.86. The maximum atomic E-state index is 12.9. The number of carbonyl (C=O) groups is 4. The summed E-state index contributed by atoms with van der Waals surface area (Å²) in [5.41, 5.74) is 1.02. The smallest absolute Gasteiger partial charge is 0.309 e. The summed E-state index contributed by atoms with van der Waals surface area (Å²) >= 11 is 0. The molecule has 0 amide bonds. The van der Waals surface area contributed by atoms with E-state index in [-0.39, 0.29) is 49.2 Å². The van der Waals surface area contributed by atoms with Gasteiger partial charge in [0, 0.05) is 23.7 Å². The molecule has 10 rings (SSSR count). The Balaban J connectivity index is 0.000000166.